The fourth-order valence-corrected chi connectivity index (χ4v) is 5.37. The van der Waals surface area contributed by atoms with Gasteiger partial charge in [0.2, 0.25) is 0 Å². The molecule has 3 atom stereocenters. The molecule has 0 aromatic rings. The van der Waals surface area contributed by atoms with Crippen LogP contribution < -0.4 is 0 Å². The van der Waals surface area contributed by atoms with Crippen LogP contribution >= 0.6 is 0 Å². The molecule has 0 amide bonds. The molecule has 0 bridgehead atoms. The minimum absolute atomic E-state index is 0.190. The number of nitrogens with zero attached hydrogens (tertiary/aromatic N) is 1. The van der Waals surface area contributed by atoms with Gasteiger partial charge in [-0.3, -0.25) is 4.48 Å². The van der Waals surface area contributed by atoms with E-state index < -0.39 is 40.5 Å². The fourth-order valence-electron chi connectivity index (χ4n) is 5.37. The maximum atomic E-state index is 12.2. The van der Waals surface area contributed by atoms with Gasteiger partial charge in [-0.15, -0.1) is 0 Å². The Morgan fingerprint density at radius 2 is 0.941 bits per heavy atom. The highest BCUT2D eigenvalue weighted by Crippen LogP contribution is 2.32. The number of quaternary nitrogens is 1. The summed E-state index contributed by atoms with van der Waals surface area (Å²) in [5.41, 5.74) is 0. The number of carboxylic acids is 3. The van der Waals surface area contributed by atoms with E-state index in [1.54, 1.807) is 20.8 Å². The van der Waals surface area contributed by atoms with Crippen LogP contribution in [0.15, 0.2) is 12.2 Å². The lowest BCUT2D eigenvalue weighted by molar-refractivity contribution is -0.973. The number of carbonyl (C=O) groups is 3. The molecule has 0 aromatic carbocycles. The van der Waals surface area contributed by atoms with Crippen LogP contribution in [0.4, 0.5) is 0 Å². The van der Waals surface area contributed by atoms with Gasteiger partial charge in [0.25, 0.3) is 0 Å². The predicted octanol–water partition coefficient (Wildman–Crippen LogP) is 6.26. The summed E-state index contributed by atoms with van der Waals surface area (Å²) < 4.78 is -0.409. The highest BCUT2D eigenvalue weighted by Gasteiger charge is 2.55. The summed E-state index contributed by atoms with van der Waals surface area (Å²) in [5, 5.41) is 29.9. The van der Waals surface area contributed by atoms with Crippen molar-refractivity contribution in [1.29, 1.82) is 0 Å². The molecule has 0 radical (unpaired) electrons. The molecular formula is C27H50NO6+. The Morgan fingerprint density at radius 1 is 0.588 bits per heavy atom. The van der Waals surface area contributed by atoms with Crippen LogP contribution in [0.5, 0.6) is 0 Å². The third-order valence-electron chi connectivity index (χ3n) is 7.06. The normalized spacial score (nSPS) is 16.1. The van der Waals surface area contributed by atoms with Crippen LogP contribution in [0.2, 0.25) is 0 Å². The minimum atomic E-state index is -1.12. The summed E-state index contributed by atoms with van der Waals surface area (Å²) in [5.74, 6) is -3.36. The summed E-state index contributed by atoms with van der Waals surface area (Å²) in [6.07, 6.45) is 16.9. The Balaban J connectivity index is 5.09. The summed E-state index contributed by atoms with van der Waals surface area (Å²) >= 11 is 0. The van der Waals surface area contributed by atoms with Gasteiger partial charge in [0, 0.05) is 19.3 Å². The Hall–Kier alpha value is -1.89. The molecule has 0 saturated heterocycles. The van der Waals surface area contributed by atoms with Gasteiger partial charge >= 0.3 is 17.9 Å². The second-order valence-corrected chi connectivity index (χ2v) is 9.38. The van der Waals surface area contributed by atoms with Gasteiger partial charge in [-0.2, -0.15) is 0 Å². The quantitative estimate of drug-likeness (QED) is 0.0950. The molecule has 0 spiro atoms. The average Bonchev–Trinajstić information content (AvgIpc) is 2.77. The smallest absolute Gasteiger partial charge is 0.362 e. The van der Waals surface area contributed by atoms with Gasteiger partial charge in [-0.1, -0.05) is 78.4 Å². The molecule has 7 heteroatoms. The first-order valence-electron chi connectivity index (χ1n) is 13.4. The first kappa shape index (κ1) is 32.1. The van der Waals surface area contributed by atoms with E-state index in [1.807, 2.05) is 0 Å². The summed E-state index contributed by atoms with van der Waals surface area (Å²) in [6.45, 7) is 7.56. The third-order valence-corrected chi connectivity index (χ3v) is 7.06. The largest absolute Gasteiger partial charge is 0.477 e. The SMILES string of the molecule is CCCC/C=C/CCCCCCCCC[N+](C(CC)C(=O)O)(C(CC)C(=O)O)C(CC)C(=O)O. The van der Waals surface area contributed by atoms with Crippen LogP contribution in [0.3, 0.4) is 0 Å². The molecule has 0 rings (SSSR count). The number of hydrogen-bond acceptors (Lipinski definition) is 3. The van der Waals surface area contributed by atoms with Crippen LogP contribution in [0.1, 0.15) is 118 Å². The zero-order chi connectivity index (χ0) is 26.0. The molecule has 3 unspecified atom stereocenters. The zero-order valence-electron chi connectivity index (χ0n) is 22.0. The second kappa shape index (κ2) is 18.4. The van der Waals surface area contributed by atoms with Crippen molar-refractivity contribution in [2.75, 3.05) is 6.54 Å². The maximum Gasteiger partial charge on any atom is 0.362 e. The van der Waals surface area contributed by atoms with E-state index in [-0.39, 0.29) is 25.8 Å². The fraction of sp³-hybridized carbons (Fsp3) is 0.815. The molecule has 0 saturated carbocycles. The molecule has 0 heterocycles. The van der Waals surface area contributed by atoms with Gasteiger partial charge < -0.3 is 15.3 Å². The van der Waals surface area contributed by atoms with E-state index in [0.717, 1.165) is 32.1 Å². The molecular weight excluding hydrogens is 434 g/mol. The van der Waals surface area contributed by atoms with E-state index in [0.29, 0.717) is 6.42 Å². The highest BCUT2D eigenvalue weighted by atomic mass is 16.4. The van der Waals surface area contributed by atoms with Crippen molar-refractivity contribution in [2.45, 2.75) is 136 Å². The first-order valence-corrected chi connectivity index (χ1v) is 13.4. The van der Waals surface area contributed by atoms with E-state index in [2.05, 4.69) is 19.1 Å². The number of aliphatic carboxylic acids is 3. The summed E-state index contributed by atoms with van der Waals surface area (Å²) in [6, 6.07) is -3.19. The van der Waals surface area contributed by atoms with Crippen molar-refractivity contribution in [3.63, 3.8) is 0 Å². The number of unbranched alkanes of at least 4 members (excludes halogenated alkanes) is 9. The molecule has 0 aliphatic heterocycles. The summed E-state index contributed by atoms with van der Waals surface area (Å²) in [4.78, 5) is 36.6. The Morgan fingerprint density at radius 3 is 1.29 bits per heavy atom. The van der Waals surface area contributed by atoms with Crippen molar-refractivity contribution >= 4 is 17.9 Å². The molecule has 7 nitrogen and oxygen atoms in total. The first-order chi connectivity index (χ1) is 16.2. The summed E-state index contributed by atoms with van der Waals surface area (Å²) in [7, 11) is 0. The Labute approximate surface area is 206 Å². The van der Waals surface area contributed by atoms with E-state index in [9.17, 15) is 29.7 Å². The Kier molecular flexibility index (Phi) is 17.4. The average molecular weight is 485 g/mol. The molecule has 0 aliphatic rings. The molecule has 0 aliphatic carbocycles. The third kappa shape index (κ3) is 10.2. The zero-order valence-corrected chi connectivity index (χ0v) is 22.0. The van der Waals surface area contributed by atoms with Crippen molar-refractivity contribution in [3.05, 3.63) is 12.2 Å². The van der Waals surface area contributed by atoms with Crippen LogP contribution in [0.25, 0.3) is 0 Å². The Bertz CT molecular complexity index is 563. The number of allylic oxidation sites excluding steroid dienone is 2. The van der Waals surface area contributed by atoms with Crippen LogP contribution in [-0.4, -0.2) is 62.4 Å². The molecule has 3 N–H and O–H groups in total. The second-order valence-electron chi connectivity index (χ2n) is 9.38. The van der Waals surface area contributed by atoms with Crippen molar-refractivity contribution in [3.8, 4) is 0 Å². The lowest BCUT2D eigenvalue weighted by Gasteiger charge is -2.49. The lowest BCUT2D eigenvalue weighted by Crippen LogP contribution is -2.72. The topological polar surface area (TPSA) is 112 Å². The van der Waals surface area contributed by atoms with Gasteiger partial charge in [0.05, 0.1) is 6.54 Å². The minimum Gasteiger partial charge on any atom is -0.477 e. The number of rotatable bonds is 22. The molecule has 198 valence electrons. The van der Waals surface area contributed by atoms with E-state index in [4.69, 9.17) is 0 Å². The number of carboxylic acid groups (broad SMARTS) is 3. The van der Waals surface area contributed by atoms with Gasteiger partial charge in [0.15, 0.2) is 18.1 Å². The molecule has 0 fully saturated rings. The van der Waals surface area contributed by atoms with E-state index in [1.165, 1.54) is 32.1 Å². The van der Waals surface area contributed by atoms with Gasteiger partial charge in [-0.05, 0) is 32.1 Å². The van der Waals surface area contributed by atoms with Crippen molar-refractivity contribution in [1.82, 2.24) is 0 Å². The maximum absolute atomic E-state index is 12.2. The van der Waals surface area contributed by atoms with Gasteiger partial charge in [-0.25, -0.2) is 14.4 Å². The molecule has 34 heavy (non-hydrogen) atoms. The van der Waals surface area contributed by atoms with Gasteiger partial charge in [0.1, 0.15) is 0 Å². The standard InChI is InChI=1S/C27H49NO6/c1-5-9-10-11-12-13-14-15-16-17-18-19-20-21-28(22(6-2)25(29)30,23(7-3)26(31)32)24(8-4)27(33)34/h11-12,22-24H,5-10,13-21H2,1-4H3,(H2-,29,30,31,32,33,34)/p+1/b12-11+. The van der Waals surface area contributed by atoms with Crippen molar-refractivity contribution < 1.29 is 34.2 Å². The monoisotopic (exact) mass is 484 g/mol. The molecule has 0 aromatic heterocycles. The van der Waals surface area contributed by atoms with Crippen LogP contribution in [0, 0.1) is 0 Å². The number of hydrogen-bond donors (Lipinski definition) is 3. The predicted molar refractivity (Wildman–Crippen MR) is 136 cm³/mol. The highest BCUT2D eigenvalue weighted by molar-refractivity contribution is 5.78. The van der Waals surface area contributed by atoms with Crippen molar-refractivity contribution in [2.24, 2.45) is 0 Å². The lowest BCUT2D eigenvalue weighted by atomic mass is 9.93. The van der Waals surface area contributed by atoms with Crippen LogP contribution in [-0.2, 0) is 14.4 Å². The van der Waals surface area contributed by atoms with E-state index >= 15 is 0 Å².